The van der Waals surface area contributed by atoms with Crippen molar-refractivity contribution in [3.8, 4) is 0 Å². The van der Waals surface area contributed by atoms with Crippen LogP contribution in [0.4, 0.5) is 0 Å². The van der Waals surface area contributed by atoms with Crippen LogP contribution >= 0.6 is 11.3 Å². The smallest absolute Gasteiger partial charge is 0.0197 e. The molecule has 0 aliphatic heterocycles. The van der Waals surface area contributed by atoms with E-state index in [-0.39, 0.29) is 0 Å². The van der Waals surface area contributed by atoms with Gasteiger partial charge in [0.2, 0.25) is 0 Å². The molecule has 1 heterocycles. The van der Waals surface area contributed by atoms with Crippen LogP contribution < -0.4 is 5.32 Å². The lowest BCUT2D eigenvalue weighted by Crippen LogP contribution is -2.40. The summed E-state index contributed by atoms with van der Waals surface area (Å²) in [6, 6.07) is 4.54. The van der Waals surface area contributed by atoms with E-state index in [1.54, 1.807) is 4.88 Å². The third kappa shape index (κ3) is 2.74. The minimum atomic E-state index is 0.420. The Bertz CT molecular complexity index is 331. The van der Waals surface area contributed by atoms with E-state index in [0.29, 0.717) is 5.41 Å². The van der Waals surface area contributed by atoms with Gasteiger partial charge in [-0.2, -0.15) is 0 Å². The van der Waals surface area contributed by atoms with E-state index in [4.69, 9.17) is 0 Å². The second-order valence-electron chi connectivity index (χ2n) is 5.95. The van der Waals surface area contributed by atoms with E-state index in [1.807, 2.05) is 11.3 Å². The zero-order chi connectivity index (χ0) is 12.3. The summed E-state index contributed by atoms with van der Waals surface area (Å²) >= 11 is 1.94. The van der Waals surface area contributed by atoms with Crippen LogP contribution in [-0.2, 0) is 5.41 Å². The van der Waals surface area contributed by atoms with Crippen LogP contribution in [0.3, 0.4) is 0 Å². The first kappa shape index (κ1) is 13.1. The molecule has 2 atom stereocenters. The topological polar surface area (TPSA) is 12.0 Å². The van der Waals surface area contributed by atoms with Crippen molar-refractivity contribution in [2.24, 2.45) is 11.8 Å². The van der Waals surface area contributed by atoms with Gasteiger partial charge in [-0.05, 0) is 42.7 Å². The van der Waals surface area contributed by atoms with E-state index in [1.165, 1.54) is 19.3 Å². The summed E-state index contributed by atoms with van der Waals surface area (Å²) in [6.45, 7) is 9.29. The molecule has 1 fully saturated rings. The Hall–Kier alpha value is -0.340. The normalized spacial score (nSPS) is 29.1. The summed E-state index contributed by atoms with van der Waals surface area (Å²) < 4.78 is 0. The molecular formula is C15H25NS. The Labute approximate surface area is 110 Å². The first-order chi connectivity index (χ1) is 8.15. The lowest BCUT2D eigenvalue weighted by molar-refractivity contribution is 0.317. The maximum absolute atomic E-state index is 3.69. The predicted molar refractivity (Wildman–Crippen MR) is 76.7 cm³/mol. The monoisotopic (exact) mass is 251 g/mol. The molecule has 2 unspecified atom stereocenters. The standard InChI is InChI=1S/C15H25NS/c1-12(2)10-16-11-15(8-4-6-13(15)3)14-7-5-9-17-14/h5,7,9,12-13,16H,4,6,8,10-11H2,1-3H3. The Morgan fingerprint density at radius 1 is 1.53 bits per heavy atom. The Balaban J connectivity index is 2.09. The van der Waals surface area contributed by atoms with Crippen LogP contribution in [0.1, 0.15) is 44.9 Å². The fourth-order valence-electron chi connectivity index (χ4n) is 3.11. The molecular weight excluding hydrogens is 226 g/mol. The SMILES string of the molecule is CC(C)CNCC1(c2cccs2)CCCC1C. The Morgan fingerprint density at radius 3 is 2.88 bits per heavy atom. The Morgan fingerprint density at radius 2 is 2.35 bits per heavy atom. The maximum atomic E-state index is 3.69. The average Bonchev–Trinajstić information content (AvgIpc) is 2.88. The molecule has 1 nitrogen and oxygen atoms in total. The molecule has 96 valence electrons. The van der Waals surface area contributed by atoms with E-state index in [0.717, 1.165) is 24.9 Å². The summed E-state index contributed by atoms with van der Waals surface area (Å²) in [5.41, 5.74) is 0.420. The molecule has 1 aliphatic carbocycles. The quantitative estimate of drug-likeness (QED) is 0.832. The maximum Gasteiger partial charge on any atom is 0.0197 e. The predicted octanol–water partition coefficient (Wildman–Crippen LogP) is 4.05. The van der Waals surface area contributed by atoms with Gasteiger partial charge in [-0.1, -0.05) is 33.3 Å². The molecule has 0 aromatic carbocycles. The molecule has 1 aromatic rings. The summed E-state index contributed by atoms with van der Waals surface area (Å²) in [4.78, 5) is 1.60. The van der Waals surface area contributed by atoms with Crippen molar-refractivity contribution in [1.82, 2.24) is 5.32 Å². The van der Waals surface area contributed by atoms with E-state index < -0.39 is 0 Å². The second-order valence-corrected chi connectivity index (χ2v) is 6.90. The van der Waals surface area contributed by atoms with Crippen molar-refractivity contribution in [2.45, 2.75) is 45.4 Å². The third-order valence-corrected chi connectivity index (χ3v) is 5.30. The molecule has 1 N–H and O–H groups in total. The molecule has 0 spiro atoms. The summed E-state index contributed by atoms with van der Waals surface area (Å²) in [5.74, 6) is 1.56. The zero-order valence-corrected chi connectivity index (χ0v) is 12.1. The summed E-state index contributed by atoms with van der Waals surface area (Å²) in [6.07, 6.45) is 4.14. The third-order valence-electron chi connectivity index (χ3n) is 4.21. The van der Waals surface area contributed by atoms with Crippen LogP contribution in [0.5, 0.6) is 0 Å². The van der Waals surface area contributed by atoms with Gasteiger partial charge in [0.15, 0.2) is 0 Å². The lowest BCUT2D eigenvalue weighted by Gasteiger charge is -2.33. The molecule has 0 amide bonds. The minimum absolute atomic E-state index is 0.420. The van der Waals surface area contributed by atoms with Gasteiger partial charge >= 0.3 is 0 Å². The Kier molecular flexibility index (Phi) is 4.26. The van der Waals surface area contributed by atoms with Crippen molar-refractivity contribution < 1.29 is 0 Å². The number of nitrogens with one attached hydrogen (secondary N) is 1. The molecule has 1 aliphatic rings. The molecule has 0 radical (unpaired) electrons. The van der Waals surface area contributed by atoms with Gasteiger partial charge in [0, 0.05) is 16.8 Å². The van der Waals surface area contributed by atoms with Crippen molar-refractivity contribution in [2.75, 3.05) is 13.1 Å². The number of hydrogen-bond donors (Lipinski definition) is 1. The van der Waals surface area contributed by atoms with Gasteiger partial charge in [0.05, 0.1) is 0 Å². The fourth-order valence-corrected chi connectivity index (χ4v) is 4.18. The van der Waals surface area contributed by atoms with Crippen molar-refractivity contribution >= 4 is 11.3 Å². The lowest BCUT2D eigenvalue weighted by atomic mass is 9.77. The molecule has 1 aromatic heterocycles. The summed E-state index contributed by atoms with van der Waals surface area (Å²) in [7, 11) is 0. The van der Waals surface area contributed by atoms with Gasteiger partial charge in [-0.15, -0.1) is 11.3 Å². The van der Waals surface area contributed by atoms with Crippen LogP contribution in [0.2, 0.25) is 0 Å². The highest BCUT2D eigenvalue weighted by Crippen LogP contribution is 2.46. The highest BCUT2D eigenvalue weighted by atomic mass is 32.1. The first-order valence-electron chi connectivity index (χ1n) is 6.90. The van der Waals surface area contributed by atoms with Gasteiger partial charge in [0.25, 0.3) is 0 Å². The number of rotatable bonds is 5. The molecule has 2 rings (SSSR count). The zero-order valence-electron chi connectivity index (χ0n) is 11.3. The second kappa shape index (κ2) is 5.53. The van der Waals surface area contributed by atoms with Gasteiger partial charge < -0.3 is 5.32 Å². The van der Waals surface area contributed by atoms with Gasteiger partial charge in [0.1, 0.15) is 0 Å². The van der Waals surface area contributed by atoms with Crippen molar-refractivity contribution in [3.63, 3.8) is 0 Å². The average molecular weight is 251 g/mol. The fraction of sp³-hybridized carbons (Fsp3) is 0.733. The molecule has 0 bridgehead atoms. The first-order valence-corrected chi connectivity index (χ1v) is 7.78. The van der Waals surface area contributed by atoms with E-state index >= 15 is 0 Å². The van der Waals surface area contributed by atoms with Gasteiger partial charge in [-0.3, -0.25) is 0 Å². The molecule has 0 saturated heterocycles. The van der Waals surface area contributed by atoms with Crippen LogP contribution in [-0.4, -0.2) is 13.1 Å². The van der Waals surface area contributed by atoms with E-state index in [2.05, 4.69) is 43.6 Å². The van der Waals surface area contributed by atoms with Crippen LogP contribution in [0, 0.1) is 11.8 Å². The minimum Gasteiger partial charge on any atom is -0.316 e. The largest absolute Gasteiger partial charge is 0.316 e. The molecule has 2 heteroatoms. The highest BCUT2D eigenvalue weighted by Gasteiger charge is 2.41. The number of thiophene rings is 1. The van der Waals surface area contributed by atoms with E-state index in [9.17, 15) is 0 Å². The van der Waals surface area contributed by atoms with Gasteiger partial charge in [-0.25, -0.2) is 0 Å². The van der Waals surface area contributed by atoms with Crippen molar-refractivity contribution in [3.05, 3.63) is 22.4 Å². The highest BCUT2D eigenvalue weighted by molar-refractivity contribution is 7.10. The number of hydrogen-bond acceptors (Lipinski definition) is 2. The molecule has 17 heavy (non-hydrogen) atoms. The summed E-state index contributed by atoms with van der Waals surface area (Å²) in [5, 5.41) is 5.92. The van der Waals surface area contributed by atoms with Crippen LogP contribution in [0.25, 0.3) is 0 Å². The molecule has 1 saturated carbocycles. The van der Waals surface area contributed by atoms with Crippen LogP contribution in [0.15, 0.2) is 17.5 Å². The van der Waals surface area contributed by atoms with Crippen molar-refractivity contribution in [1.29, 1.82) is 0 Å².